The van der Waals surface area contributed by atoms with Crippen LogP contribution < -0.4 is 21.0 Å². The maximum absolute atomic E-state index is 13.1. The molecule has 2 aromatic heterocycles. The van der Waals surface area contributed by atoms with Crippen molar-refractivity contribution in [1.29, 1.82) is 0 Å². The molecule has 3 heterocycles. The van der Waals surface area contributed by atoms with Gasteiger partial charge in [0.15, 0.2) is 0 Å². The second-order valence-corrected chi connectivity index (χ2v) is 25.0. The number of nitrogens with zero attached hydrogens (tertiary/aromatic N) is 4. The number of fused-ring (bicyclic) bond motifs is 1. The SMILES string of the molecule is Cc1cccc(C)c1B1C(c2[c-]c(-c3cc(-c4ccccc4)ccn3)cc(C(C)(C)C)c2)=c2nc(-c3cc(C(C)(C)C)cc(C(C)(C)C)c3O)n(-c3ccc(C(C)(C)C)cc3-c3ccccc3)c2=CN1c1ccccc1.[Pt]. The molecule has 1 aliphatic heterocycles. The van der Waals surface area contributed by atoms with Gasteiger partial charge in [-0.05, 0) is 99.7 Å². The van der Waals surface area contributed by atoms with Crippen molar-refractivity contribution in [3.63, 3.8) is 0 Å². The molecule has 392 valence electrons. The number of phenolic OH excluding ortho intramolecular Hbond substituents is 1. The van der Waals surface area contributed by atoms with E-state index < -0.39 is 0 Å². The van der Waals surface area contributed by atoms with Crippen molar-refractivity contribution in [3.05, 3.63) is 226 Å². The first-order chi connectivity index (χ1) is 36.0. The number of aryl methyl sites for hydroxylation is 2. The Morgan fingerprint density at radius 1 is 0.519 bits per heavy atom. The summed E-state index contributed by atoms with van der Waals surface area (Å²) >= 11 is 0. The Hall–Kier alpha value is -7.01. The zero-order chi connectivity index (χ0) is 54.1. The van der Waals surface area contributed by atoms with Gasteiger partial charge in [0.2, 0.25) is 0 Å². The molecule has 7 aromatic carbocycles. The minimum atomic E-state index is -0.383. The molecule has 0 unspecified atom stereocenters. The van der Waals surface area contributed by atoms with E-state index in [9.17, 15) is 5.11 Å². The van der Waals surface area contributed by atoms with E-state index in [1.165, 1.54) is 22.2 Å². The minimum absolute atomic E-state index is 0. The quantitative estimate of drug-likeness (QED) is 0.122. The van der Waals surface area contributed by atoms with Crippen LogP contribution in [-0.4, -0.2) is 26.5 Å². The normalized spacial score (nSPS) is 13.0. The number of benzene rings is 7. The summed E-state index contributed by atoms with van der Waals surface area (Å²) in [5, 5.41) is 14.8. The molecular weight excluding hydrogens is 1120 g/mol. The molecule has 77 heavy (non-hydrogen) atoms. The molecule has 0 saturated carbocycles. The Labute approximate surface area is 472 Å². The van der Waals surface area contributed by atoms with Crippen LogP contribution in [0.5, 0.6) is 5.75 Å². The Balaban J connectivity index is 0.00000722. The van der Waals surface area contributed by atoms with Crippen LogP contribution in [0.4, 0.5) is 5.69 Å². The van der Waals surface area contributed by atoms with Gasteiger partial charge in [0.25, 0.3) is 6.85 Å². The second-order valence-electron chi connectivity index (χ2n) is 25.0. The maximum atomic E-state index is 13.1. The number of hydrogen-bond acceptors (Lipinski definition) is 4. The molecule has 7 heteroatoms. The molecule has 0 radical (unpaired) electrons. The molecule has 10 rings (SSSR count). The average Bonchev–Trinajstić information content (AvgIpc) is 3.99. The molecule has 0 aliphatic carbocycles. The zero-order valence-corrected chi connectivity index (χ0v) is 49.6. The van der Waals surface area contributed by atoms with Crippen molar-refractivity contribution in [2.75, 3.05) is 4.81 Å². The molecule has 0 spiro atoms. The van der Waals surface area contributed by atoms with E-state index in [2.05, 4.69) is 282 Å². The van der Waals surface area contributed by atoms with Crippen LogP contribution in [0.2, 0.25) is 0 Å². The summed E-state index contributed by atoms with van der Waals surface area (Å²) in [6.45, 7) is 31.1. The molecule has 1 aliphatic rings. The third-order valence-electron chi connectivity index (χ3n) is 15.2. The van der Waals surface area contributed by atoms with E-state index in [1.807, 2.05) is 6.20 Å². The van der Waals surface area contributed by atoms with Gasteiger partial charge >= 0.3 is 0 Å². The van der Waals surface area contributed by atoms with Gasteiger partial charge in [-0.2, -0.15) is 0 Å². The van der Waals surface area contributed by atoms with Crippen LogP contribution >= 0.6 is 0 Å². The van der Waals surface area contributed by atoms with Gasteiger partial charge in [0.1, 0.15) is 11.6 Å². The number of imidazole rings is 1. The van der Waals surface area contributed by atoms with Gasteiger partial charge in [-0.25, -0.2) is 4.98 Å². The largest absolute Gasteiger partial charge is 0.507 e. The molecule has 0 fully saturated rings. The zero-order valence-electron chi connectivity index (χ0n) is 47.4. The summed E-state index contributed by atoms with van der Waals surface area (Å²) in [6, 6.07) is 62.9. The summed E-state index contributed by atoms with van der Waals surface area (Å²) in [4.78, 5) is 13.6. The van der Waals surface area contributed by atoms with Crippen molar-refractivity contribution < 1.29 is 26.2 Å². The van der Waals surface area contributed by atoms with Crippen molar-refractivity contribution >= 4 is 29.7 Å². The molecular formula is C70H72BN4OPt-. The fourth-order valence-corrected chi connectivity index (χ4v) is 10.8. The number of pyridine rings is 1. The average molecular weight is 1190 g/mol. The first-order valence-electron chi connectivity index (χ1n) is 26.9. The first-order valence-corrected chi connectivity index (χ1v) is 26.9. The van der Waals surface area contributed by atoms with Crippen molar-refractivity contribution in [1.82, 2.24) is 14.5 Å². The van der Waals surface area contributed by atoms with Crippen LogP contribution in [0.3, 0.4) is 0 Å². The van der Waals surface area contributed by atoms with E-state index in [1.54, 1.807) is 0 Å². The number of hydrogen-bond donors (Lipinski definition) is 1. The monoisotopic (exact) mass is 1190 g/mol. The van der Waals surface area contributed by atoms with E-state index in [4.69, 9.17) is 9.97 Å². The van der Waals surface area contributed by atoms with Crippen LogP contribution in [0, 0.1) is 19.9 Å². The van der Waals surface area contributed by atoms with Crippen molar-refractivity contribution in [2.24, 2.45) is 0 Å². The van der Waals surface area contributed by atoms with E-state index in [0.717, 1.165) is 83.3 Å². The third-order valence-corrected chi connectivity index (χ3v) is 15.2. The topological polar surface area (TPSA) is 54.2 Å². The van der Waals surface area contributed by atoms with E-state index >= 15 is 0 Å². The number of aromatic nitrogens is 3. The summed E-state index contributed by atoms with van der Waals surface area (Å²) in [5.41, 5.74) is 17.7. The fraction of sp³-hybridized carbons (Fsp3) is 0.257. The Morgan fingerprint density at radius 3 is 1.68 bits per heavy atom. The van der Waals surface area contributed by atoms with Gasteiger partial charge < -0.3 is 9.92 Å². The van der Waals surface area contributed by atoms with Crippen LogP contribution in [0.15, 0.2) is 170 Å². The third kappa shape index (κ3) is 10.7. The van der Waals surface area contributed by atoms with Crippen molar-refractivity contribution in [2.45, 2.75) is 119 Å². The molecule has 1 N–H and O–H groups in total. The molecule has 9 aromatic rings. The fourth-order valence-electron chi connectivity index (χ4n) is 10.8. The maximum Gasteiger partial charge on any atom is 0.286 e. The summed E-state index contributed by atoms with van der Waals surface area (Å²) in [5.74, 6) is 0.894. The summed E-state index contributed by atoms with van der Waals surface area (Å²) in [6.07, 6.45) is 4.24. The van der Waals surface area contributed by atoms with Crippen LogP contribution in [-0.2, 0) is 42.7 Å². The molecule has 5 nitrogen and oxygen atoms in total. The van der Waals surface area contributed by atoms with Gasteiger partial charge in [0.05, 0.1) is 21.9 Å². The Morgan fingerprint density at radius 2 is 1.08 bits per heavy atom. The standard InChI is InChI=1S/C70H72BN4O.Pt/c1-45-25-24-26-46(2)62(45)71-63(51-37-50(38-53(39-51)68(6,7)8)59-40-49(35-36-72-59)47-27-18-15-19-28-47)64-61(44-74(71)55-31-22-17-23-32-55)75(60-34-33-52(67(3,4)5)41-56(60)48-29-20-16-21-30-48)66(73-64)57-42-54(69(9,10)11)43-58(65(57)76)70(12,13)14;/h15-36,38-44,76H,1-14H3;/q-1;. The van der Waals surface area contributed by atoms with Gasteiger partial charge in [0, 0.05) is 56.0 Å². The van der Waals surface area contributed by atoms with Gasteiger partial charge in [-0.15, -0.1) is 29.3 Å². The molecule has 0 atom stereocenters. The Kier molecular flexibility index (Phi) is 14.8. The number of para-hydroxylation sites is 1. The number of rotatable bonds is 8. The minimum Gasteiger partial charge on any atom is -0.507 e. The van der Waals surface area contributed by atoms with Crippen LogP contribution in [0.1, 0.15) is 122 Å². The molecule has 0 amide bonds. The van der Waals surface area contributed by atoms with Crippen LogP contribution in [0.25, 0.3) is 62.3 Å². The van der Waals surface area contributed by atoms with Crippen molar-refractivity contribution in [3.8, 4) is 56.3 Å². The molecule has 0 saturated heterocycles. The van der Waals surface area contributed by atoms with Gasteiger partial charge in [-0.3, -0.25) is 9.55 Å². The van der Waals surface area contributed by atoms with Gasteiger partial charge in [-0.1, -0.05) is 226 Å². The Bertz CT molecular complexity index is 3760. The summed E-state index contributed by atoms with van der Waals surface area (Å²) in [7, 11) is 0. The smallest absolute Gasteiger partial charge is 0.286 e. The predicted octanol–water partition coefficient (Wildman–Crippen LogP) is 15.1. The van der Waals surface area contributed by atoms with E-state index in [0.29, 0.717) is 11.4 Å². The number of aromatic hydroxyl groups is 1. The second kappa shape index (κ2) is 20.7. The number of phenols is 1. The molecule has 0 bridgehead atoms. The van der Waals surface area contributed by atoms with E-state index in [-0.39, 0.29) is 55.3 Å². The number of anilines is 1. The predicted molar refractivity (Wildman–Crippen MR) is 321 cm³/mol. The first kappa shape index (κ1) is 54.8. The summed E-state index contributed by atoms with van der Waals surface area (Å²) < 4.78 is 2.34.